The van der Waals surface area contributed by atoms with E-state index in [1.54, 1.807) is 26.2 Å². The molecule has 0 aliphatic carbocycles. The summed E-state index contributed by atoms with van der Waals surface area (Å²) >= 11 is 0. The molecule has 1 saturated heterocycles. The van der Waals surface area contributed by atoms with Gasteiger partial charge in [-0.3, -0.25) is 9.59 Å². The lowest BCUT2D eigenvalue weighted by atomic mass is 10.1. The average molecular weight is 263 g/mol. The maximum atomic E-state index is 11.7. The van der Waals surface area contributed by atoms with E-state index in [9.17, 15) is 9.59 Å². The van der Waals surface area contributed by atoms with Crippen LogP contribution in [-0.4, -0.2) is 54.1 Å². The van der Waals surface area contributed by atoms with Crippen LogP contribution < -0.4 is 10.6 Å². The fraction of sp³-hybridized carbons (Fsp3) is 0.500. The number of hydrogen-bond donors (Lipinski definition) is 1. The number of aromatic nitrogens is 2. The summed E-state index contributed by atoms with van der Waals surface area (Å²) in [6.07, 6.45) is 0.732. The normalized spacial score (nSPS) is 18.4. The first-order chi connectivity index (χ1) is 8.99. The minimum atomic E-state index is -0.283. The zero-order valence-electron chi connectivity index (χ0n) is 11.0. The van der Waals surface area contributed by atoms with Crippen molar-refractivity contribution in [3.05, 3.63) is 17.8 Å². The molecule has 1 unspecified atom stereocenters. The highest BCUT2D eigenvalue weighted by Crippen LogP contribution is 2.21. The van der Waals surface area contributed by atoms with E-state index in [2.05, 4.69) is 10.2 Å². The Bertz CT molecular complexity index is 485. The average Bonchev–Trinajstić information content (AvgIpc) is 2.87. The Balaban J connectivity index is 2.07. The molecule has 2 amide bonds. The van der Waals surface area contributed by atoms with Crippen LogP contribution in [0.2, 0.25) is 0 Å². The van der Waals surface area contributed by atoms with Gasteiger partial charge in [0.25, 0.3) is 5.91 Å². The summed E-state index contributed by atoms with van der Waals surface area (Å²) in [5, 5.41) is 7.95. The summed E-state index contributed by atoms with van der Waals surface area (Å²) in [6, 6.07) is 3.38. The van der Waals surface area contributed by atoms with Gasteiger partial charge >= 0.3 is 0 Å². The van der Waals surface area contributed by atoms with E-state index < -0.39 is 0 Å². The van der Waals surface area contributed by atoms with Crippen LogP contribution in [0.4, 0.5) is 5.82 Å². The van der Waals surface area contributed by atoms with Gasteiger partial charge in [-0.2, -0.15) is 0 Å². The van der Waals surface area contributed by atoms with Crippen molar-refractivity contribution in [1.82, 2.24) is 15.1 Å². The lowest BCUT2D eigenvalue weighted by Gasteiger charge is -2.16. The Morgan fingerprint density at radius 3 is 2.58 bits per heavy atom. The molecule has 2 heterocycles. The molecular weight excluding hydrogens is 246 g/mol. The Labute approximate surface area is 111 Å². The summed E-state index contributed by atoms with van der Waals surface area (Å²) in [5.74, 6) is 0.0642. The molecule has 1 aromatic rings. The first-order valence-corrected chi connectivity index (χ1v) is 6.08. The number of hydrogen-bond acceptors (Lipinski definition) is 5. The Hall–Kier alpha value is -2.18. The zero-order chi connectivity index (χ0) is 14.0. The molecule has 7 nitrogen and oxygen atoms in total. The van der Waals surface area contributed by atoms with Crippen LogP contribution >= 0.6 is 0 Å². The standard InChI is InChI=1S/C12H17N5O2/c1-16(2)12(19)9-3-4-10(15-14-9)17-6-5-8(7-17)11(13)18/h3-4,8H,5-7H2,1-2H3,(H2,13,18). The number of nitrogens with zero attached hydrogens (tertiary/aromatic N) is 4. The highest BCUT2D eigenvalue weighted by atomic mass is 16.2. The molecule has 2 rings (SSSR count). The van der Waals surface area contributed by atoms with Crippen LogP contribution in [0.25, 0.3) is 0 Å². The van der Waals surface area contributed by atoms with Gasteiger partial charge in [0, 0.05) is 27.2 Å². The number of amides is 2. The van der Waals surface area contributed by atoms with Crippen molar-refractivity contribution in [3.8, 4) is 0 Å². The predicted octanol–water partition coefficient (Wildman–Crippen LogP) is -0.510. The van der Waals surface area contributed by atoms with Crippen LogP contribution in [0.15, 0.2) is 12.1 Å². The van der Waals surface area contributed by atoms with E-state index in [1.165, 1.54) is 4.90 Å². The minimum Gasteiger partial charge on any atom is -0.369 e. The summed E-state index contributed by atoms with van der Waals surface area (Å²) in [5.41, 5.74) is 5.59. The number of anilines is 1. The lowest BCUT2D eigenvalue weighted by Crippen LogP contribution is -2.28. The molecule has 1 atom stereocenters. The number of carbonyl (C=O) groups excluding carboxylic acids is 2. The molecule has 7 heteroatoms. The molecular formula is C12H17N5O2. The van der Waals surface area contributed by atoms with Crippen molar-refractivity contribution in [2.45, 2.75) is 6.42 Å². The predicted molar refractivity (Wildman–Crippen MR) is 69.6 cm³/mol. The van der Waals surface area contributed by atoms with Crippen molar-refractivity contribution >= 4 is 17.6 Å². The van der Waals surface area contributed by atoms with Gasteiger partial charge in [-0.25, -0.2) is 0 Å². The highest BCUT2D eigenvalue weighted by molar-refractivity contribution is 5.91. The van der Waals surface area contributed by atoms with Crippen LogP contribution in [0.1, 0.15) is 16.9 Å². The Kier molecular flexibility index (Phi) is 3.64. The SMILES string of the molecule is CN(C)C(=O)c1ccc(N2CCC(C(N)=O)C2)nn1. The molecule has 1 aliphatic rings. The molecule has 0 radical (unpaired) electrons. The Morgan fingerprint density at radius 2 is 2.11 bits per heavy atom. The molecule has 1 aliphatic heterocycles. The molecule has 2 N–H and O–H groups in total. The molecule has 1 aromatic heterocycles. The van der Waals surface area contributed by atoms with E-state index in [0.717, 1.165) is 13.0 Å². The van der Waals surface area contributed by atoms with Crippen molar-refractivity contribution in [3.63, 3.8) is 0 Å². The zero-order valence-corrected chi connectivity index (χ0v) is 11.0. The molecule has 0 saturated carbocycles. The quantitative estimate of drug-likeness (QED) is 0.793. The van der Waals surface area contributed by atoms with Crippen molar-refractivity contribution in [2.75, 3.05) is 32.1 Å². The van der Waals surface area contributed by atoms with Gasteiger partial charge in [0.1, 0.15) is 0 Å². The van der Waals surface area contributed by atoms with E-state index in [-0.39, 0.29) is 17.7 Å². The monoisotopic (exact) mass is 263 g/mol. The van der Waals surface area contributed by atoms with Crippen LogP contribution in [0, 0.1) is 5.92 Å². The Morgan fingerprint density at radius 1 is 1.37 bits per heavy atom. The highest BCUT2D eigenvalue weighted by Gasteiger charge is 2.27. The second kappa shape index (κ2) is 5.21. The van der Waals surface area contributed by atoms with E-state index >= 15 is 0 Å². The third-order valence-corrected chi connectivity index (χ3v) is 3.19. The number of primary amides is 1. The first-order valence-electron chi connectivity index (χ1n) is 6.08. The topological polar surface area (TPSA) is 92.4 Å². The van der Waals surface area contributed by atoms with Gasteiger partial charge in [-0.15, -0.1) is 10.2 Å². The number of carbonyl (C=O) groups is 2. The molecule has 19 heavy (non-hydrogen) atoms. The minimum absolute atomic E-state index is 0.134. The van der Waals surface area contributed by atoms with Crippen molar-refractivity contribution in [2.24, 2.45) is 11.7 Å². The summed E-state index contributed by atoms with van der Waals surface area (Å²) in [6.45, 7) is 1.29. The van der Waals surface area contributed by atoms with E-state index in [0.29, 0.717) is 18.1 Å². The van der Waals surface area contributed by atoms with Crippen LogP contribution in [-0.2, 0) is 4.79 Å². The van der Waals surface area contributed by atoms with Crippen molar-refractivity contribution in [1.29, 1.82) is 0 Å². The first kappa shape index (κ1) is 13.3. The third-order valence-electron chi connectivity index (χ3n) is 3.19. The summed E-state index contributed by atoms with van der Waals surface area (Å²) in [4.78, 5) is 26.2. The largest absolute Gasteiger partial charge is 0.369 e. The fourth-order valence-corrected chi connectivity index (χ4v) is 2.04. The fourth-order valence-electron chi connectivity index (χ4n) is 2.04. The molecule has 102 valence electrons. The maximum absolute atomic E-state index is 11.7. The van der Waals surface area contributed by atoms with Crippen LogP contribution in [0.3, 0.4) is 0 Å². The van der Waals surface area contributed by atoms with Gasteiger partial charge < -0.3 is 15.5 Å². The van der Waals surface area contributed by atoms with Crippen molar-refractivity contribution < 1.29 is 9.59 Å². The summed E-state index contributed by atoms with van der Waals surface area (Å²) in [7, 11) is 3.33. The van der Waals surface area contributed by atoms with Gasteiger partial charge in [0.2, 0.25) is 5.91 Å². The van der Waals surface area contributed by atoms with Gasteiger partial charge in [0.05, 0.1) is 5.92 Å². The lowest BCUT2D eigenvalue weighted by molar-refractivity contribution is -0.121. The molecule has 0 aromatic carbocycles. The molecule has 1 fully saturated rings. The summed E-state index contributed by atoms with van der Waals surface area (Å²) < 4.78 is 0. The third kappa shape index (κ3) is 2.81. The number of nitrogens with two attached hydrogens (primary N) is 1. The number of rotatable bonds is 3. The van der Waals surface area contributed by atoms with E-state index in [1.807, 2.05) is 4.90 Å². The molecule has 0 bridgehead atoms. The second-order valence-corrected chi connectivity index (χ2v) is 4.81. The van der Waals surface area contributed by atoms with Crippen LogP contribution in [0.5, 0.6) is 0 Å². The van der Waals surface area contributed by atoms with E-state index in [4.69, 9.17) is 5.73 Å². The van der Waals surface area contributed by atoms with Gasteiger partial charge in [-0.1, -0.05) is 0 Å². The maximum Gasteiger partial charge on any atom is 0.273 e. The second-order valence-electron chi connectivity index (χ2n) is 4.81. The molecule has 0 spiro atoms. The van der Waals surface area contributed by atoms with Gasteiger partial charge in [0.15, 0.2) is 11.5 Å². The van der Waals surface area contributed by atoms with Gasteiger partial charge in [-0.05, 0) is 18.6 Å². The smallest absolute Gasteiger partial charge is 0.273 e.